The first-order chi connectivity index (χ1) is 11.5. The highest BCUT2D eigenvalue weighted by molar-refractivity contribution is 5.92. The maximum absolute atomic E-state index is 12.6. The summed E-state index contributed by atoms with van der Waals surface area (Å²) >= 11 is 0. The first kappa shape index (κ1) is 16.3. The average Bonchev–Trinajstić information content (AvgIpc) is 3.07. The lowest BCUT2D eigenvalue weighted by atomic mass is 10.2. The molecule has 1 fully saturated rings. The summed E-state index contributed by atoms with van der Waals surface area (Å²) in [4.78, 5) is 30.1. The van der Waals surface area contributed by atoms with Crippen molar-refractivity contribution < 1.29 is 9.53 Å². The van der Waals surface area contributed by atoms with E-state index < -0.39 is 0 Å². The predicted octanol–water partition coefficient (Wildman–Crippen LogP) is 0.235. The largest absolute Gasteiger partial charge is 0.367 e. The molecule has 0 aromatic carbocycles. The van der Waals surface area contributed by atoms with Gasteiger partial charge in [0.2, 0.25) is 0 Å². The molecule has 0 bridgehead atoms. The fourth-order valence-corrected chi connectivity index (χ4v) is 2.47. The molecule has 3 rings (SSSR count). The van der Waals surface area contributed by atoms with E-state index in [9.17, 15) is 9.59 Å². The van der Waals surface area contributed by atoms with Gasteiger partial charge in [0.15, 0.2) is 11.6 Å². The molecule has 0 unspecified atom stereocenters. The number of carbonyl (C=O) groups excluding carboxylic acids is 1. The molecule has 1 aliphatic heterocycles. The van der Waals surface area contributed by atoms with Crippen molar-refractivity contribution in [2.45, 2.75) is 25.9 Å². The van der Waals surface area contributed by atoms with Crippen molar-refractivity contribution in [2.75, 3.05) is 19.7 Å². The number of nitrogens with one attached hydrogen (secondary N) is 1. The molecule has 1 amide bonds. The summed E-state index contributed by atoms with van der Waals surface area (Å²) in [6, 6.07) is 2.78. The second kappa shape index (κ2) is 6.52. The van der Waals surface area contributed by atoms with Gasteiger partial charge < -0.3 is 9.64 Å². The van der Waals surface area contributed by atoms with Crippen LogP contribution in [0.2, 0.25) is 0 Å². The van der Waals surface area contributed by atoms with E-state index in [2.05, 4.69) is 20.3 Å². The Bertz CT molecular complexity index is 797. The van der Waals surface area contributed by atoms with Crippen molar-refractivity contribution >= 4 is 5.91 Å². The van der Waals surface area contributed by atoms with E-state index in [1.807, 2.05) is 13.8 Å². The molecule has 1 aliphatic rings. The fraction of sp³-hybridized carbons (Fsp3) is 0.533. The molecule has 24 heavy (non-hydrogen) atoms. The highest BCUT2D eigenvalue weighted by atomic mass is 16.5. The van der Waals surface area contributed by atoms with Crippen LogP contribution in [-0.4, -0.2) is 55.5 Å². The number of nitrogens with zero attached hydrogens (tertiary/aromatic N) is 5. The monoisotopic (exact) mass is 332 g/mol. The van der Waals surface area contributed by atoms with Crippen LogP contribution in [0.3, 0.4) is 0 Å². The molecular weight excluding hydrogens is 312 g/mol. The van der Waals surface area contributed by atoms with Gasteiger partial charge in [0.25, 0.3) is 11.5 Å². The van der Waals surface area contributed by atoms with Gasteiger partial charge in [-0.3, -0.25) is 14.7 Å². The Kier molecular flexibility index (Phi) is 4.43. The van der Waals surface area contributed by atoms with E-state index in [1.165, 1.54) is 19.2 Å². The maximum Gasteiger partial charge on any atom is 0.274 e. The van der Waals surface area contributed by atoms with Gasteiger partial charge in [-0.15, -0.1) is 0 Å². The van der Waals surface area contributed by atoms with Crippen molar-refractivity contribution in [1.29, 1.82) is 0 Å². The van der Waals surface area contributed by atoms with Gasteiger partial charge in [-0.2, -0.15) is 10.2 Å². The summed E-state index contributed by atoms with van der Waals surface area (Å²) in [5.41, 5.74) is -0.0209. The third kappa shape index (κ3) is 3.21. The predicted molar refractivity (Wildman–Crippen MR) is 84.5 cm³/mol. The molecule has 128 valence electrons. The van der Waals surface area contributed by atoms with Crippen LogP contribution in [0.1, 0.15) is 48.0 Å². The normalized spacial score (nSPS) is 18.2. The molecule has 0 spiro atoms. The van der Waals surface area contributed by atoms with E-state index in [1.54, 1.807) is 4.90 Å². The summed E-state index contributed by atoms with van der Waals surface area (Å²) in [5, 5.41) is 11.1. The third-order valence-electron chi connectivity index (χ3n) is 3.87. The molecule has 1 saturated heterocycles. The molecule has 0 radical (unpaired) electrons. The van der Waals surface area contributed by atoms with Crippen LogP contribution >= 0.6 is 0 Å². The van der Waals surface area contributed by atoms with Gasteiger partial charge in [0, 0.05) is 25.6 Å². The van der Waals surface area contributed by atoms with Crippen molar-refractivity contribution in [3.8, 4) is 0 Å². The molecule has 2 aromatic rings. The standard InChI is InChI=1S/C15H20N6O3/c1-9(2)13-16-14(18-17-13)11-8-21(6-7-24-11)15(23)10-4-5-12(22)20(3)19-10/h4-5,9,11H,6-8H2,1-3H3,(H,16,17,18)/t11-/m0/s1. The molecule has 3 heterocycles. The van der Waals surface area contributed by atoms with Gasteiger partial charge in [-0.05, 0) is 6.07 Å². The smallest absolute Gasteiger partial charge is 0.274 e. The summed E-state index contributed by atoms with van der Waals surface area (Å²) in [5.74, 6) is 1.31. The SMILES string of the molecule is CC(C)c1n[nH]c([C@@H]2CN(C(=O)c3ccc(=O)n(C)n3)CCO2)n1. The number of hydrogen-bond donors (Lipinski definition) is 1. The first-order valence-corrected chi connectivity index (χ1v) is 7.83. The van der Waals surface area contributed by atoms with Gasteiger partial charge in [-0.1, -0.05) is 13.8 Å². The first-order valence-electron chi connectivity index (χ1n) is 7.83. The molecular formula is C15H20N6O3. The molecule has 1 N–H and O–H groups in total. The number of rotatable bonds is 3. The van der Waals surface area contributed by atoms with Crippen molar-refractivity contribution in [1.82, 2.24) is 29.9 Å². The Labute approximate surface area is 138 Å². The topological polar surface area (TPSA) is 106 Å². The quantitative estimate of drug-likeness (QED) is 0.863. The Hall–Kier alpha value is -2.55. The maximum atomic E-state index is 12.6. The Morgan fingerprint density at radius 3 is 2.88 bits per heavy atom. The van der Waals surface area contributed by atoms with Gasteiger partial charge in [0.1, 0.15) is 11.8 Å². The number of amides is 1. The highest BCUT2D eigenvalue weighted by Gasteiger charge is 2.29. The van der Waals surface area contributed by atoms with Crippen LogP contribution in [0, 0.1) is 0 Å². The third-order valence-corrected chi connectivity index (χ3v) is 3.87. The van der Waals surface area contributed by atoms with Gasteiger partial charge >= 0.3 is 0 Å². The van der Waals surface area contributed by atoms with E-state index in [-0.39, 0.29) is 29.2 Å². The van der Waals surface area contributed by atoms with Crippen LogP contribution in [0.15, 0.2) is 16.9 Å². The van der Waals surface area contributed by atoms with Crippen LogP contribution in [-0.2, 0) is 11.8 Å². The minimum atomic E-state index is -0.352. The molecule has 0 aliphatic carbocycles. The zero-order valence-corrected chi connectivity index (χ0v) is 13.9. The zero-order chi connectivity index (χ0) is 17.3. The minimum Gasteiger partial charge on any atom is -0.367 e. The lowest BCUT2D eigenvalue weighted by Crippen LogP contribution is -2.43. The van der Waals surface area contributed by atoms with Crippen LogP contribution < -0.4 is 5.56 Å². The second-order valence-electron chi connectivity index (χ2n) is 6.02. The summed E-state index contributed by atoms with van der Waals surface area (Å²) in [7, 11) is 1.52. The van der Waals surface area contributed by atoms with E-state index >= 15 is 0 Å². The number of aryl methyl sites for hydroxylation is 1. The fourth-order valence-electron chi connectivity index (χ4n) is 2.47. The van der Waals surface area contributed by atoms with Crippen LogP contribution in [0.4, 0.5) is 0 Å². The van der Waals surface area contributed by atoms with Gasteiger partial charge in [-0.25, -0.2) is 9.67 Å². The van der Waals surface area contributed by atoms with Gasteiger partial charge in [0.05, 0.1) is 13.2 Å². The zero-order valence-electron chi connectivity index (χ0n) is 13.9. The highest BCUT2D eigenvalue weighted by Crippen LogP contribution is 2.21. The van der Waals surface area contributed by atoms with Crippen molar-refractivity contribution in [2.24, 2.45) is 7.05 Å². The number of morpholine rings is 1. The molecule has 0 saturated carbocycles. The Morgan fingerprint density at radius 1 is 1.42 bits per heavy atom. The summed E-state index contributed by atoms with van der Waals surface area (Å²) in [6.07, 6.45) is -0.352. The number of ether oxygens (including phenoxy) is 1. The Balaban J connectivity index is 1.75. The molecule has 9 heteroatoms. The lowest BCUT2D eigenvalue weighted by Gasteiger charge is -2.31. The summed E-state index contributed by atoms with van der Waals surface area (Å²) < 4.78 is 6.86. The Morgan fingerprint density at radius 2 is 2.21 bits per heavy atom. The number of aromatic nitrogens is 5. The average molecular weight is 332 g/mol. The second-order valence-corrected chi connectivity index (χ2v) is 6.02. The molecule has 9 nitrogen and oxygen atoms in total. The van der Waals surface area contributed by atoms with Crippen LogP contribution in [0.5, 0.6) is 0 Å². The summed E-state index contributed by atoms with van der Waals surface area (Å²) in [6.45, 7) is 5.24. The number of carbonyl (C=O) groups is 1. The molecule has 1 atom stereocenters. The minimum absolute atomic E-state index is 0.214. The van der Waals surface area contributed by atoms with E-state index in [4.69, 9.17) is 4.74 Å². The number of hydrogen-bond acceptors (Lipinski definition) is 6. The van der Waals surface area contributed by atoms with E-state index in [0.717, 1.165) is 10.5 Å². The van der Waals surface area contributed by atoms with Crippen molar-refractivity contribution in [3.63, 3.8) is 0 Å². The lowest BCUT2D eigenvalue weighted by molar-refractivity contribution is -0.0269. The number of aromatic amines is 1. The molecule has 2 aromatic heterocycles. The van der Waals surface area contributed by atoms with Crippen LogP contribution in [0.25, 0.3) is 0 Å². The van der Waals surface area contributed by atoms with Crippen molar-refractivity contribution in [3.05, 3.63) is 39.8 Å². The van der Waals surface area contributed by atoms with E-state index in [0.29, 0.717) is 25.5 Å². The number of H-pyrrole nitrogens is 1.